The molecule has 1 N–H and O–H groups in total. The van der Waals surface area contributed by atoms with Gasteiger partial charge in [0, 0.05) is 12.6 Å². The number of rotatable bonds is 15. The van der Waals surface area contributed by atoms with Crippen molar-refractivity contribution < 1.29 is 41.8 Å². The van der Waals surface area contributed by atoms with E-state index in [0.29, 0.717) is 12.8 Å². The lowest BCUT2D eigenvalue weighted by atomic mass is 10.1. The third-order valence-electron chi connectivity index (χ3n) is 6.16. The van der Waals surface area contributed by atoms with Gasteiger partial charge in [0.1, 0.15) is 23.9 Å². The average Bonchev–Trinajstić information content (AvgIpc) is 3.00. The van der Waals surface area contributed by atoms with E-state index in [4.69, 9.17) is 19.0 Å². The SMILES string of the molecule is CC(C)(C)OC(=O)C(CCCCN(C=O)OC(C)(C)C)Nc1c(F)c(F)nc(Oc2cc(C#N)ccc2OCc2ccccc2)c1F. The fourth-order valence-electron chi connectivity index (χ4n) is 4.19. The molecule has 0 saturated carbocycles. The van der Waals surface area contributed by atoms with Gasteiger partial charge >= 0.3 is 5.97 Å². The molecule has 1 heterocycles. The molecule has 1 amide bonds. The number of nitrogens with one attached hydrogen (secondary N) is 1. The lowest BCUT2D eigenvalue weighted by molar-refractivity contribution is -0.216. The van der Waals surface area contributed by atoms with Gasteiger partial charge in [-0.1, -0.05) is 30.3 Å². The number of ether oxygens (including phenoxy) is 3. The van der Waals surface area contributed by atoms with Crippen LogP contribution in [0.4, 0.5) is 18.9 Å². The molecule has 0 saturated heterocycles. The summed E-state index contributed by atoms with van der Waals surface area (Å²) >= 11 is 0. The second kappa shape index (κ2) is 16.1. The quantitative estimate of drug-likeness (QED) is 0.0594. The molecule has 0 radical (unpaired) electrons. The fourth-order valence-corrected chi connectivity index (χ4v) is 4.19. The predicted octanol–water partition coefficient (Wildman–Crippen LogP) is 7.22. The van der Waals surface area contributed by atoms with Crippen molar-refractivity contribution in [1.82, 2.24) is 10.0 Å². The van der Waals surface area contributed by atoms with E-state index in [1.165, 1.54) is 18.2 Å². The highest BCUT2D eigenvalue weighted by molar-refractivity contribution is 5.80. The van der Waals surface area contributed by atoms with Crippen LogP contribution in [0.5, 0.6) is 17.4 Å². The van der Waals surface area contributed by atoms with Gasteiger partial charge in [-0.3, -0.25) is 9.63 Å². The van der Waals surface area contributed by atoms with Crippen molar-refractivity contribution in [1.29, 1.82) is 5.26 Å². The highest BCUT2D eigenvalue weighted by Crippen LogP contribution is 2.36. The van der Waals surface area contributed by atoms with Crippen molar-refractivity contribution >= 4 is 18.1 Å². The first-order valence-electron chi connectivity index (χ1n) is 14.9. The van der Waals surface area contributed by atoms with Gasteiger partial charge in [-0.15, -0.1) is 0 Å². The van der Waals surface area contributed by atoms with E-state index in [1.807, 2.05) is 36.4 Å². The first kappa shape index (κ1) is 36.6. The molecule has 0 aliphatic heterocycles. The highest BCUT2D eigenvalue weighted by Gasteiger charge is 2.30. The number of esters is 1. The van der Waals surface area contributed by atoms with Crippen LogP contribution in [0.15, 0.2) is 48.5 Å². The predicted molar refractivity (Wildman–Crippen MR) is 167 cm³/mol. The van der Waals surface area contributed by atoms with Crippen molar-refractivity contribution in [3.05, 3.63) is 77.2 Å². The zero-order chi connectivity index (χ0) is 34.8. The van der Waals surface area contributed by atoms with E-state index in [1.54, 1.807) is 41.5 Å². The number of unbranched alkanes of at least 4 members (excludes halogenated alkanes) is 1. The number of nitrogens with zero attached hydrogens (tertiary/aromatic N) is 3. The largest absolute Gasteiger partial charge is 0.485 e. The molecule has 10 nitrogen and oxygen atoms in total. The van der Waals surface area contributed by atoms with E-state index < -0.39 is 52.4 Å². The number of hydrogen-bond donors (Lipinski definition) is 1. The van der Waals surface area contributed by atoms with Gasteiger partial charge in [-0.25, -0.2) is 9.86 Å². The summed E-state index contributed by atoms with van der Waals surface area (Å²) in [5.74, 6) is -6.71. The first-order valence-corrected chi connectivity index (χ1v) is 14.9. The number of hydrogen-bond acceptors (Lipinski definition) is 9. The van der Waals surface area contributed by atoms with Crippen molar-refractivity contribution in [3.8, 4) is 23.4 Å². The topological polar surface area (TPSA) is 123 Å². The molecule has 1 aromatic heterocycles. The third-order valence-corrected chi connectivity index (χ3v) is 6.16. The molecule has 3 aromatic rings. The summed E-state index contributed by atoms with van der Waals surface area (Å²) < 4.78 is 62.5. The van der Waals surface area contributed by atoms with Crippen molar-refractivity contribution in [3.63, 3.8) is 0 Å². The maximum atomic E-state index is 15.8. The van der Waals surface area contributed by atoms with Gasteiger partial charge in [0.2, 0.25) is 18.0 Å². The van der Waals surface area contributed by atoms with Crippen LogP contribution in [0.1, 0.15) is 71.9 Å². The number of carbonyl (C=O) groups excluding carboxylic acids is 2. The number of amides is 1. The summed E-state index contributed by atoms with van der Waals surface area (Å²) in [5, 5.41) is 13.0. The zero-order valence-corrected chi connectivity index (χ0v) is 27.2. The summed E-state index contributed by atoms with van der Waals surface area (Å²) in [4.78, 5) is 33.4. The van der Waals surface area contributed by atoms with Gasteiger partial charge in [-0.2, -0.15) is 23.4 Å². The van der Waals surface area contributed by atoms with Gasteiger partial charge in [0.25, 0.3) is 11.8 Å². The summed E-state index contributed by atoms with van der Waals surface area (Å²) in [6.45, 7) is 10.5. The van der Waals surface area contributed by atoms with E-state index in [0.717, 1.165) is 10.6 Å². The third kappa shape index (κ3) is 11.5. The molecule has 3 rings (SSSR count). The van der Waals surface area contributed by atoms with Crippen molar-refractivity contribution in [2.24, 2.45) is 0 Å². The molecule has 252 valence electrons. The standard InChI is InChI=1S/C34H39F3N4O6/c1-33(2,3)46-32(43)24(14-10-11-17-41(21-42)47-34(4,5)6)39-29-27(35)30(37)40-31(28(29)36)45-26-18-23(19-38)15-16-25(26)44-20-22-12-8-7-9-13-22/h7-9,12-13,15-16,18,21,24H,10-11,14,17,20H2,1-6H3,(H,39,40). The molecule has 13 heteroatoms. The number of pyridine rings is 1. The Kier molecular flexibility index (Phi) is 12.6. The number of carbonyl (C=O) groups is 2. The Morgan fingerprint density at radius 1 is 1.00 bits per heavy atom. The molecular weight excluding hydrogens is 617 g/mol. The second-order valence-corrected chi connectivity index (χ2v) is 12.5. The number of halogens is 3. The van der Waals surface area contributed by atoms with Crippen LogP contribution >= 0.6 is 0 Å². The Labute approximate surface area is 272 Å². The van der Waals surface area contributed by atoms with Gasteiger partial charge in [0.05, 0.1) is 17.2 Å². The fraction of sp³-hybridized carbons (Fsp3) is 0.412. The minimum absolute atomic E-state index is 0.00215. The van der Waals surface area contributed by atoms with E-state index in [-0.39, 0.29) is 43.1 Å². The second-order valence-electron chi connectivity index (χ2n) is 12.5. The number of nitriles is 1. The summed E-state index contributed by atoms with van der Waals surface area (Å²) in [6, 6.07) is 13.8. The van der Waals surface area contributed by atoms with Crippen molar-refractivity contribution in [2.75, 3.05) is 11.9 Å². The lowest BCUT2D eigenvalue weighted by Gasteiger charge is -2.27. The normalized spacial score (nSPS) is 12.1. The summed E-state index contributed by atoms with van der Waals surface area (Å²) in [5.41, 5.74) is -1.63. The maximum absolute atomic E-state index is 15.8. The van der Waals surface area contributed by atoms with E-state index in [2.05, 4.69) is 10.3 Å². The molecule has 0 bridgehead atoms. The van der Waals surface area contributed by atoms with Crippen LogP contribution in [0.3, 0.4) is 0 Å². The summed E-state index contributed by atoms with van der Waals surface area (Å²) in [7, 11) is 0. The molecular formula is C34H39F3N4O6. The van der Waals surface area contributed by atoms with Crippen LogP contribution in [0.25, 0.3) is 0 Å². The Morgan fingerprint density at radius 2 is 1.70 bits per heavy atom. The monoisotopic (exact) mass is 656 g/mol. The zero-order valence-electron chi connectivity index (χ0n) is 27.2. The average molecular weight is 657 g/mol. The number of benzene rings is 2. The molecule has 2 aromatic carbocycles. The molecule has 0 aliphatic rings. The molecule has 0 spiro atoms. The van der Waals surface area contributed by atoms with Crippen LogP contribution in [-0.2, 0) is 25.8 Å². The Hall–Kier alpha value is -4.83. The van der Waals surface area contributed by atoms with Gasteiger partial charge in [-0.05, 0) is 78.5 Å². The minimum atomic E-state index is -1.70. The van der Waals surface area contributed by atoms with Crippen LogP contribution in [0.2, 0.25) is 0 Å². The number of hydroxylamine groups is 2. The van der Waals surface area contributed by atoms with E-state index >= 15 is 8.78 Å². The lowest BCUT2D eigenvalue weighted by Crippen LogP contribution is -2.37. The Bertz CT molecular complexity index is 1570. The van der Waals surface area contributed by atoms with Gasteiger partial charge < -0.3 is 19.5 Å². The summed E-state index contributed by atoms with van der Waals surface area (Å²) in [6.07, 6.45) is 1.18. The molecule has 0 aliphatic carbocycles. The van der Waals surface area contributed by atoms with Crippen molar-refractivity contribution in [2.45, 2.75) is 84.7 Å². The Balaban J connectivity index is 1.88. The van der Waals surface area contributed by atoms with Crippen LogP contribution in [-0.4, -0.2) is 46.2 Å². The number of anilines is 1. The smallest absolute Gasteiger partial charge is 0.329 e. The molecule has 47 heavy (non-hydrogen) atoms. The number of aromatic nitrogens is 1. The van der Waals surface area contributed by atoms with Crippen LogP contribution < -0.4 is 14.8 Å². The van der Waals surface area contributed by atoms with E-state index in [9.17, 15) is 19.2 Å². The Morgan fingerprint density at radius 3 is 2.32 bits per heavy atom. The van der Waals surface area contributed by atoms with Gasteiger partial charge in [0.15, 0.2) is 11.5 Å². The first-order chi connectivity index (χ1) is 22.1. The molecule has 0 fully saturated rings. The maximum Gasteiger partial charge on any atom is 0.329 e. The molecule has 1 unspecified atom stereocenters. The minimum Gasteiger partial charge on any atom is -0.485 e. The molecule has 1 atom stereocenters. The van der Waals surface area contributed by atoms with Crippen LogP contribution in [0, 0.1) is 28.9 Å². The highest BCUT2D eigenvalue weighted by atomic mass is 19.2.